The van der Waals surface area contributed by atoms with Crippen molar-refractivity contribution >= 4 is 23.0 Å². The van der Waals surface area contributed by atoms with Crippen LogP contribution < -0.4 is 11.3 Å². The zero-order valence-corrected chi connectivity index (χ0v) is 10.8. The molecule has 2 rings (SSSR count). The SMILES string of the molecule is Nc1nc2c(ncn2C(=O)C(F)(F)[C@H](O)[C@H](O)CO)c(=O)[nH]1. The van der Waals surface area contributed by atoms with Crippen LogP contribution in [0.4, 0.5) is 14.7 Å². The smallest absolute Gasteiger partial charge is 0.353 e. The molecule has 0 aliphatic rings. The second-order valence-electron chi connectivity index (χ2n) is 4.36. The Labute approximate surface area is 119 Å². The molecular formula is C10H11F2N5O5. The lowest BCUT2D eigenvalue weighted by molar-refractivity contribution is -0.136. The number of aromatic amines is 1. The number of nitrogens with zero attached hydrogens (tertiary/aromatic N) is 3. The molecule has 2 heterocycles. The highest BCUT2D eigenvalue weighted by atomic mass is 19.3. The fraction of sp³-hybridized carbons (Fsp3) is 0.400. The van der Waals surface area contributed by atoms with Crippen molar-refractivity contribution in [2.45, 2.75) is 18.1 Å². The molecule has 12 heteroatoms. The average Bonchev–Trinajstić information content (AvgIpc) is 2.88. The molecule has 6 N–H and O–H groups in total. The molecule has 0 unspecified atom stereocenters. The van der Waals surface area contributed by atoms with Crippen molar-refractivity contribution in [1.82, 2.24) is 19.5 Å². The number of carbonyl (C=O) groups is 1. The van der Waals surface area contributed by atoms with Crippen LogP contribution in [-0.2, 0) is 0 Å². The van der Waals surface area contributed by atoms with Gasteiger partial charge in [-0.25, -0.2) is 9.55 Å². The molecule has 0 aliphatic carbocycles. The van der Waals surface area contributed by atoms with Gasteiger partial charge in [0.05, 0.1) is 6.61 Å². The van der Waals surface area contributed by atoms with Gasteiger partial charge in [-0.3, -0.25) is 14.6 Å². The number of alkyl halides is 2. The number of halogens is 2. The average molecular weight is 319 g/mol. The van der Waals surface area contributed by atoms with Gasteiger partial charge in [0.15, 0.2) is 17.3 Å². The van der Waals surface area contributed by atoms with Crippen LogP contribution in [0.25, 0.3) is 11.2 Å². The summed E-state index contributed by atoms with van der Waals surface area (Å²) >= 11 is 0. The van der Waals surface area contributed by atoms with Gasteiger partial charge in [-0.15, -0.1) is 0 Å². The summed E-state index contributed by atoms with van der Waals surface area (Å²) < 4.78 is 28.0. The van der Waals surface area contributed by atoms with Crippen molar-refractivity contribution in [3.05, 3.63) is 16.7 Å². The molecule has 22 heavy (non-hydrogen) atoms. The number of rotatable bonds is 4. The predicted octanol–water partition coefficient (Wildman–Crippen LogP) is -2.31. The fourth-order valence-electron chi connectivity index (χ4n) is 1.70. The predicted molar refractivity (Wildman–Crippen MR) is 67.2 cm³/mol. The topological polar surface area (TPSA) is 167 Å². The van der Waals surface area contributed by atoms with E-state index in [0.717, 1.165) is 0 Å². The van der Waals surface area contributed by atoms with Gasteiger partial charge in [0, 0.05) is 0 Å². The third kappa shape index (κ3) is 2.43. The molecule has 0 aliphatic heterocycles. The molecular weight excluding hydrogens is 308 g/mol. The maximum atomic E-state index is 13.9. The number of nitrogens with two attached hydrogens (primary N) is 1. The van der Waals surface area contributed by atoms with E-state index in [1.54, 1.807) is 0 Å². The van der Waals surface area contributed by atoms with Gasteiger partial charge in [-0.05, 0) is 0 Å². The number of hydrogen-bond acceptors (Lipinski definition) is 8. The van der Waals surface area contributed by atoms with Gasteiger partial charge in [0.2, 0.25) is 5.95 Å². The van der Waals surface area contributed by atoms with Gasteiger partial charge >= 0.3 is 11.8 Å². The Hall–Kier alpha value is -2.44. The molecule has 0 saturated carbocycles. The number of aliphatic hydroxyl groups is 3. The number of anilines is 1. The Kier molecular flexibility index (Phi) is 3.91. The van der Waals surface area contributed by atoms with Crippen LogP contribution in [0, 0.1) is 0 Å². The van der Waals surface area contributed by atoms with E-state index >= 15 is 0 Å². The number of carbonyl (C=O) groups excluding carboxylic acids is 1. The van der Waals surface area contributed by atoms with Gasteiger partial charge in [-0.1, -0.05) is 0 Å². The van der Waals surface area contributed by atoms with Crippen LogP contribution >= 0.6 is 0 Å². The van der Waals surface area contributed by atoms with Gasteiger partial charge in [-0.2, -0.15) is 13.8 Å². The summed E-state index contributed by atoms with van der Waals surface area (Å²) in [7, 11) is 0. The first-order chi connectivity index (χ1) is 10.2. The second-order valence-corrected chi connectivity index (χ2v) is 4.36. The van der Waals surface area contributed by atoms with E-state index in [2.05, 4.69) is 15.0 Å². The number of aliphatic hydroxyl groups excluding tert-OH is 3. The van der Waals surface area contributed by atoms with Crippen LogP contribution in [0.2, 0.25) is 0 Å². The molecule has 2 aromatic heterocycles. The lowest BCUT2D eigenvalue weighted by atomic mass is 10.1. The normalized spacial score (nSPS) is 15.0. The van der Waals surface area contributed by atoms with Crippen molar-refractivity contribution in [3.8, 4) is 0 Å². The highest BCUT2D eigenvalue weighted by Crippen LogP contribution is 2.25. The highest BCUT2D eigenvalue weighted by molar-refractivity contribution is 5.93. The first kappa shape index (κ1) is 15.9. The summed E-state index contributed by atoms with van der Waals surface area (Å²) in [4.78, 5) is 32.4. The van der Waals surface area contributed by atoms with Crippen molar-refractivity contribution in [2.24, 2.45) is 0 Å². The Morgan fingerprint density at radius 1 is 1.50 bits per heavy atom. The van der Waals surface area contributed by atoms with Crippen LogP contribution in [0.3, 0.4) is 0 Å². The Balaban J connectivity index is 2.52. The summed E-state index contributed by atoms with van der Waals surface area (Å²) in [5.74, 6) is -6.88. The molecule has 0 fully saturated rings. The summed E-state index contributed by atoms with van der Waals surface area (Å²) in [6.45, 7) is -1.18. The molecule has 0 aromatic carbocycles. The molecule has 0 radical (unpaired) electrons. The van der Waals surface area contributed by atoms with Gasteiger partial charge < -0.3 is 21.1 Å². The monoisotopic (exact) mass is 319 g/mol. The zero-order valence-electron chi connectivity index (χ0n) is 10.8. The number of imidazole rings is 1. The van der Waals surface area contributed by atoms with Gasteiger partial charge in [0.1, 0.15) is 12.4 Å². The molecule has 120 valence electrons. The number of aromatic nitrogens is 4. The van der Waals surface area contributed by atoms with Crippen molar-refractivity contribution in [2.75, 3.05) is 12.3 Å². The minimum Gasteiger partial charge on any atom is -0.394 e. The molecule has 0 saturated heterocycles. The largest absolute Gasteiger partial charge is 0.394 e. The summed E-state index contributed by atoms with van der Waals surface area (Å²) in [6.07, 6.45) is -4.49. The molecule has 0 bridgehead atoms. The molecule has 0 amide bonds. The maximum absolute atomic E-state index is 13.9. The summed E-state index contributed by atoms with van der Waals surface area (Å²) in [5.41, 5.74) is 3.49. The standard InChI is InChI=1S/C10H11F2N5O5/c11-10(12,5(20)3(19)1-18)8(22)17-2-14-4-6(17)15-9(13)16-7(4)21/h2-3,5,18-20H,1H2,(H3,13,15,16,21)/t3-,5-/m1/s1. The van der Waals surface area contributed by atoms with E-state index in [4.69, 9.17) is 15.9 Å². The van der Waals surface area contributed by atoms with Crippen molar-refractivity contribution < 1.29 is 28.9 Å². The highest BCUT2D eigenvalue weighted by Gasteiger charge is 2.51. The van der Waals surface area contributed by atoms with E-state index in [0.29, 0.717) is 6.33 Å². The maximum Gasteiger partial charge on any atom is 0.353 e. The number of nitrogens with one attached hydrogen (secondary N) is 1. The third-order valence-electron chi connectivity index (χ3n) is 2.85. The quantitative estimate of drug-likeness (QED) is 0.419. The van der Waals surface area contributed by atoms with Crippen LogP contribution in [0.15, 0.2) is 11.1 Å². The van der Waals surface area contributed by atoms with Crippen LogP contribution in [0.5, 0.6) is 0 Å². The number of H-pyrrole nitrogens is 1. The lowest BCUT2D eigenvalue weighted by Gasteiger charge is -2.24. The summed E-state index contributed by atoms with van der Waals surface area (Å²) in [5, 5.41) is 26.9. The summed E-state index contributed by atoms with van der Waals surface area (Å²) in [6, 6.07) is 0. The van der Waals surface area contributed by atoms with Crippen LogP contribution in [0.1, 0.15) is 4.79 Å². The molecule has 0 spiro atoms. The Morgan fingerprint density at radius 2 is 2.14 bits per heavy atom. The fourth-order valence-corrected chi connectivity index (χ4v) is 1.70. The molecule has 10 nitrogen and oxygen atoms in total. The number of fused-ring (bicyclic) bond motifs is 1. The first-order valence-electron chi connectivity index (χ1n) is 5.82. The number of nitrogen functional groups attached to an aromatic ring is 1. The van der Waals surface area contributed by atoms with E-state index in [1.807, 2.05) is 0 Å². The minimum atomic E-state index is -4.46. The van der Waals surface area contributed by atoms with Crippen LogP contribution in [-0.4, -0.2) is 65.5 Å². The first-order valence-corrected chi connectivity index (χ1v) is 5.82. The lowest BCUT2D eigenvalue weighted by Crippen LogP contribution is -2.51. The zero-order chi connectivity index (χ0) is 16.7. The van der Waals surface area contributed by atoms with Gasteiger partial charge in [0.25, 0.3) is 5.56 Å². The second kappa shape index (κ2) is 5.40. The Morgan fingerprint density at radius 3 is 2.73 bits per heavy atom. The number of hydrogen-bond donors (Lipinski definition) is 5. The van der Waals surface area contributed by atoms with Crippen molar-refractivity contribution in [1.29, 1.82) is 0 Å². The molecule has 2 aromatic rings. The minimum absolute atomic E-state index is 0.230. The Bertz CT molecular complexity index is 773. The van der Waals surface area contributed by atoms with E-state index in [-0.39, 0.29) is 4.57 Å². The molecule has 2 atom stereocenters. The third-order valence-corrected chi connectivity index (χ3v) is 2.85. The van der Waals surface area contributed by atoms with E-state index in [1.165, 1.54) is 0 Å². The van der Waals surface area contributed by atoms with E-state index < -0.39 is 53.3 Å². The van der Waals surface area contributed by atoms with Crippen molar-refractivity contribution in [3.63, 3.8) is 0 Å². The van der Waals surface area contributed by atoms with E-state index in [9.17, 15) is 23.5 Å².